The first-order valence-corrected chi connectivity index (χ1v) is 5.72. The third kappa shape index (κ3) is 3.21. The van der Waals surface area contributed by atoms with Crippen molar-refractivity contribution in [3.8, 4) is 0 Å². The summed E-state index contributed by atoms with van der Waals surface area (Å²) in [5, 5.41) is 2.86. The minimum Gasteiger partial charge on any atom is -0.306 e. The molecule has 17 heavy (non-hydrogen) atoms. The molecule has 0 atom stereocenters. The molecule has 1 amide bonds. The maximum absolute atomic E-state index is 11.8. The Hall–Kier alpha value is -1.53. The van der Waals surface area contributed by atoms with Gasteiger partial charge >= 0.3 is 0 Å². The quantitative estimate of drug-likeness (QED) is 0.865. The van der Waals surface area contributed by atoms with Crippen LogP contribution in [0.25, 0.3) is 0 Å². The van der Waals surface area contributed by atoms with Crippen molar-refractivity contribution in [2.45, 2.75) is 0 Å². The number of halogens is 2. The Balaban J connectivity index is 2.17. The van der Waals surface area contributed by atoms with Crippen molar-refractivity contribution in [1.29, 1.82) is 0 Å². The van der Waals surface area contributed by atoms with Crippen molar-refractivity contribution in [3.05, 3.63) is 46.0 Å². The van der Waals surface area contributed by atoms with E-state index in [9.17, 15) is 4.79 Å². The van der Waals surface area contributed by atoms with Crippen LogP contribution in [0.4, 0.5) is 5.82 Å². The van der Waals surface area contributed by atoms with Crippen molar-refractivity contribution in [2.24, 2.45) is 0 Å². The first-order chi connectivity index (χ1) is 8.15. The molecule has 2 aromatic heterocycles. The zero-order valence-corrected chi connectivity index (χ0v) is 10.7. The van der Waals surface area contributed by atoms with Gasteiger partial charge in [-0.2, -0.15) is 0 Å². The average Bonchev–Trinajstić information content (AvgIpc) is 2.29. The van der Waals surface area contributed by atoms with Crippen LogP contribution in [0.3, 0.4) is 0 Å². The van der Waals surface area contributed by atoms with Crippen molar-refractivity contribution < 1.29 is 4.79 Å². The zero-order chi connectivity index (χ0) is 12.3. The molecule has 0 aromatic carbocycles. The molecule has 0 unspecified atom stereocenters. The number of nitrogens with one attached hydrogen (secondary N) is 1. The molecule has 2 heterocycles. The monoisotopic (exact) mass is 312 g/mol. The van der Waals surface area contributed by atoms with Crippen LogP contribution in [-0.4, -0.2) is 20.9 Å². The molecule has 0 saturated heterocycles. The summed E-state index contributed by atoms with van der Waals surface area (Å²) in [5.41, 5.74) is 0.425. The third-order valence-electron chi connectivity index (χ3n) is 1.84. The number of carbonyl (C=O) groups is 1. The van der Waals surface area contributed by atoms with Gasteiger partial charge in [-0.3, -0.25) is 9.78 Å². The van der Waals surface area contributed by atoms with E-state index < -0.39 is 0 Å². The lowest BCUT2D eigenvalue weighted by molar-refractivity contribution is 0.102. The fourth-order valence-corrected chi connectivity index (χ4v) is 1.64. The van der Waals surface area contributed by atoms with E-state index in [4.69, 9.17) is 11.6 Å². The highest BCUT2D eigenvalue weighted by Crippen LogP contribution is 2.13. The van der Waals surface area contributed by atoms with Gasteiger partial charge in [-0.1, -0.05) is 11.6 Å². The van der Waals surface area contributed by atoms with Crippen LogP contribution in [0, 0.1) is 0 Å². The van der Waals surface area contributed by atoms with Gasteiger partial charge in [0.25, 0.3) is 5.91 Å². The van der Waals surface area contributed by atoms with Crippen LogP contribution in [-0.2, 0) is 0 Å². The van der Waals surface area contributed by atoms with Crippen molar-refractivity contribution in [3.63, 3.8) is 0 Å². The lowest BCUT2D eigenvalue weighted by atomic mass is 10.3. The molecule has 0 bridgehead atoms. The van der Waals surface area contributed by atoms with Crippen LogP contribution in [0.15, 0.2) is 35.3 Å². The summed E-state index contributed by atoms with van der Waals surface area (Å²) in [5.74, 6) is 0.0311. The molecule has 5 nitrogen and oxygen atoms in total. The number of rotatable bonds is 2. The maximum atomic E-state index is 11.8. The van der Waals surface area contributed by atoms with E-state index >= 15 is 0 Å². The predicted octanol–water partition coefficient (Wildman–Crippen LogP) is 2.54. The van der Waals surface area contributed by atoms with E-state index in [0.717, 1.165) is 4.47 Å². The van der Waals surface area contributed by atoms with Crippen molar-refractivity contribution in [2.75, 3.05) is 5.32 Å². The second-order valence-corrected chi connectivity index (χ2v) is 4.37. The molecule has 0 spiro atoms. The Morgan fingerprint density at radius 1 is 1.29 bits per heavy atom. The van der Waals surface area contributed by atoms with Crippen LogP contribution < -0.4 is 5.32 Å². The molecular weight excluding hydrogens is 307 g/mol. The molecular formula is C10H6BrClN4O. The first kappa shape index (κ1) is 11.9. The minimum atomic E-state index is -0.312. The van der Waals surface area contributed by atoms with Gasteiger partial charge in [0, 0.05) is 22.9 Å². The Labute approximate surface area is 110 Å². The summed E-state index contributed by atoms with van der Waals surface area (Å²) in [6.07, 6.45) is 4.33. The highest BCUT2D eigenvalue weighted by molar-refractivity contribution is 9.10. The molecule has 0 radical (unpaired) electrons. The minimum absolute atomic E-state index is 0.266. The molecule has 0 aliphatic heterocycles. The fourth-order valence-electron chi connectivity index (χ4n) is 1.13. The van der Waals surface area contributed by atoms with Gasteiger partial charge in [-0.05, 0) is 22.0 Å². The van der Waals surface area contributed by atoms with Gasteiger partial charge in [-0.15, -0.1) is 0 Å². The molecule has 7 heteroatoms. The molecule has 0 fully saturated rings. The number of nitrogens with zero attached hydrogens (tertiary/aromatic N) is 3. The van der Waals surface area contributed by atoms with E-state index in [1.165, 1.54) is 18.6 Å². The van der Waals surface area contributed by atoms with Crippen molar-refractivity contribution in [1.82, 2.24) is 15.0 Å². The topological polar surface area (TPSA) is 67.8 Å². The van der Waals surface area contributed by atoms with Gasteiger partial charge in [0.2, 0.25) is 0 Å². The lowest BCUT2D eigenvalue weighted by Crippen LogP contribution is -2.13. The van der Waals surface area contributed by atoms with E-state index in [1.807, 2.05) is 0 Å². The number of hydrogen-bond acceptors (Lipinski definition) is 4. The van der Waals surface area contributed by atoms with Gasteiger partial charge < -0.3 is 5.32 Å². The summed E-state index contributed by atoms with van der Waals surface area (Å²) >= 11 is 8.92. The van der Waals surface area contributed by atoms with E-state index in [1.54, 1.807) is 12.3 Å². The molecule has 2 aromatic rings. The molecule has 0 aliphatic carbocycles. The summed E-state index contributed by atoms with van der Waals surface area (Å²) in [6.45, 7) is 0. The van der Waals surface area contributed by atoms with Gasteiger partial charge in [-0.25, -0.2) is 9.97 Å². The summed E-state index contributed by atoms with van der Waals surface area (Å²) in [7, 11) is 0. The van der Waals surface area contributed by atoms with Crippen LogP contribution in [0.2, 0.25) is 5.15 Å². The van der Waals surface area contributed by atoms with Gasteiger partial charge in [0.1, 0.15) is 17.3 Å². The number of hydrogen-bond donors (Lipinski definition) is 1. The summed E-state index contributed by atoms with van der Waals surface area (Å²) < 4.78 is 0.728. The van der Waals surface area contributed by atoms with Crippen LogP contribution >= 0.6 is 27.5 Å². The number of amides is 1. The molecule has 0 saturated carbocycles. The fraction of sp³-hybridized carbons (Fsp3) is 0. The van der Waals surface area contributed by atoms with E-state index in [-0.39, 0.29) is 11.1 Å². The number of carbonyl (C=O) groups excluding carboxylic acids is 1. The lowest BCUT2D eigenvalue weighted by Gasteiger charge is -2.03. The normalized spacial score (nSPS) is 10.0. The number of pyridine rings is 1. The first-order valence-electron chi connectivity index (χ1n) is 4.54. The van der Waals surface area contributed by atoms with Gasteiger partial charge in [0.15, 0.2) is 0 Å². The van der Waals surface area contributed by atoms with Crippen LogP contribution in [0.1, 0.15) is 10.4 Å². The molecule has 0 aliphatic rings. The third-order valence-corrected chi connectivity index (χ3v) is 2.48. The summed E-state index contributed by atoms with van der Waals surface area (Å²) in [6, 6.07) is 3.12. The average molecular weight is 314 g/mol. The number of aromatic nitrogens is 3. The standard InChI is InChI=1S/C10H6BrClN4O/c11-7-1-6(3-13-4-7)10(17)16-9-2-8(12)14-5-15-9/h1-5H,(H,14,15,16,17). The highest BCUT2D eigenvalue weighted by atomic mass is 79.9. The highest BCUT2D eigenvalue weighted by Gasteiger charge is 2.08. The predicted molar refractivity (Wildman–Crippen MR) is 66.9 cm³/mol. The second kappa shape index (κ2) is 5.20. The Morgan fingerprint density at radius 3 is 2.82 bits per heavy atom. The SMILES string of the molecule is O=C(Nc1cc(Cl)ncn1)c1cncc(Br)c1. The van der Waals surface area contributed by atoms with Gasteiger partial charge in [0.05, 0.1) is 5.56 Å². The van der Waals surface area contributed by atoms with E-state index in [0.29, 0.717) is 11.4 Å². The molecule has 1 N–H and O–H groups in total. The Kier molecular flexibility index (Phi) is 3.65. The molecule has 2 rings (SSSR count). The van der Waals surface area contributed by atoms with Crippen molar-refractivity contribution >= 4 is 39.3 Å². The van der Waals surface area contributed by atoms with E-state index in [2.05, 4.69) is 36.2 Å². The van der Waals surface area contributed by atoms with Crippen LogP contribution in [0.5, 0.6) is 0 Å². The Morgan fingerprint density at radius 2 is 2.12 bits per heavy atom. The smallest absolute Gasteiger partial charge is 0.258 e. The summed E-state index contributed by atoms with van der Waals surface area (Å²) in [4.78, 5) is 23.3. The second-order valence-electron chi connectivity index (χ2n) is 3.07. The number of anilines is 1. The Bertz CT molecular complexity index is 564. The zero-order valence-electron chi connectivity index (χ0n) is 8.39. The molecule has 86 valence electrons. The maximum Gasteiger partial charge on any atom is 0.258 e. The largest absolute Gasteiger partial charge is 0.306 e.